The molecule has 0 aromatic heterocycles. The lowest BCUT2D eigenvalue weighted by molar-refractivity contribution is -0.134. The highest BCUT2D eigenvalue weighted by molar-refractivity contribution is 5.78. The van der Waals surface area contributed by atoms with E-state index in [9.17, 15) is 9.59 Å². The lowest BCUT2D eigenvalue weighted by atomic mass is 10.3. The lowest BCUT2D eigenvalue weighted by Gasteiger charge is -2.37. The van der Waals surface area contributed by atoms with Crippen LogP contribution in [0.4, 0.5) is 0 Å². The first-order chi connectivity index (χ1) is 9.22. The maximum Gasteiger partial charge on any atom is 0.236 e. The van der Waals surface area contributed by atoms with Crippen LogP contribution in [0, 0.1) is 0 Å². The number of hydrogen-bond acceptors (Lipinski definition) is 4. The van der Waals surface area contributed by atoms with Crippen LogP contribution >= 0.6 is 0 Å². The highest BCUT2D eigenvalue weighted by atomic mass is 16.2. The molecule has 2 saturated heterocycles. The molecule has 0 radical (unpaired) electrons. The summed E-state index contributed by atoms with van der Waals surface area (Å²) in [5.74, 6) is 0.232. The number of carbonyl (C=O) groups excluding carboxylic acids is 2. The second-order valence-electron chi connectivity index (χ2n) is 5.23. The summed E-state index contributed by atoms with van der Waals surface area (Å²) in [6.45, 7) is 10.5. The van der Waals surface area contributed by atoms with Crippen LogP contribution in [0.25, 0.3) is 0 Å². The van der Waals surface area contributed by atoms with Crippen molar-refractivity contribution < 1.29 is 9.59 Å². The van der Waals surface area contributed by atoms with E-state index >= 15 is 0 Å². The highest BCUT2D eigenvalue weighted by Gasteiger charge is 2.23. The van der Waals surface area contributed by atoms with Gasteiger partial charge in [0.05, 0.1) is 6.54 Å². The topological polar surface area (TPSA) is 47.1 Å². The van der Waals surface area contributed by atoms with E-state index in [1.807, 2.05) is 4.90 Å². The van der Waals surface area contributed by atoms with E-state index < -0.39 is 0 Å². The molecule has 0 atom stereocenters. The van der Waals surface area contributed by atoms with Gasteiger partial charge in [0, 0.05) is 52.4 Å². The fourth-order valence-electron chi connectivity index (χ4n) is 2.63. The smallest absolute Gasteiger partial charge is 0.236 e. The molecule has 0 unspecified atom stereocenters. The molecule has 0 spiro atoms. The summed E-state index contributed by atoms with van der Waals surface area (Å²) in [5, 5.41) is 0. The monoisotopic (exact) mass is 268 g/mol. The van der Waals surface area contributed by atoms with E-state index in [1.54, 1.807) is 4.90 Å². The molecule has 6 nitrogen and oxygen atoms in total. The van der Waals surface area contributed by atoms with E-state index in [4.69, 9.17) is 0 Å². The molecule has 0 bridgehead atoms. The van der Waals surface area contributed by atoms with Gasteiger partial charge in [-0.1, -0.05) is 6.92 Å². The molecular weight excluding hydrogens is 244 g/mol. The van der Waals surface area contributed by atoms with E-state index in [2.05, 4.69) is 16.7 Å². The summed E-state index contributed by atoms with van der Waals surface area (Å²) < 4.78 is 0. The summed E-state index contributed by atoms with van der Waals surface area (Å²) in [5.41, 5.74) is 0. The van der Waals surface area contributed by atoms with Gasteiger partial charge in [0.2, 0.25) is 12.3 Å². The number of likely N-dealkylation sites (N-methyl/N-ethyl adjacent to an activating group) is 1. The van der Waals surface area contributed by atoms with Gasteiger partial charge in [-0.25, -0.2) is 0 Å². The second-order valence-corrected chi connectivity index (χ2v) is 5.23. The average Bonchev–Trinajstić information content (AvgIpc) is 2.48. The maximum atomic E-state index is 12.2. The quantitative estimate of drug-likeness (QED) is 0.609. The third-order valence-electron chi connectivity index (χ3n) is 4.09. The Balaban J connectivity index is 1.71. The van der Waals surface area contributed by atoms with Gasteiger partial charge in [0.15, 0.2) is 0 Å². The largest absolute Gasteiger partial charge is 0.343 e. The predicted molar refractivity (Wildman–Crippen MR) is 72.8 cm³/mol. The molecule has 108 valence electrons. The average molecular weight is 268 g/mol. The van der Waals surface area contributed by atoms with Crippen LogP contribution in [-0.2, 0) is 9.59 Å². The van der Waals surface area contributed by atoms with E-state index in [1.165, 1.54) is 0 Å². The lowest BCUT2D eigenvalue weighted by Crippen LogP contribution is -2.53. The zero-order valence-electron chi connectivity index (χ0n) is 11.8. The van der Waals surface area contributed by atoms with Gasteiger partial charge in [-0.05, 0) is 6.54 Å². The molecule has 0 aliphatic carbocycles. The van der Waals surface area contributed by atoms with Crippen molar-refractivity contribution in [2.75, 3.05) is 65.4 Å². The third kappa shape index (κ3) is 3.91. The Morgan fingerprint density at radius 1 is 0.947 bits per heavy atom. The van der Waals surface area contributed by atoms with Crippen LogP contribution in [0.2, 0.25) is 0 Å². The third-order valence-corrected chi connectivity index (χ3v) is 4.09. The van der Waals surface area contributed by atoms with Gasteiger partial charge in [-0.3, -0.25) is 14.5 Å². The molecule has 2 aliphatic rings. The molecule has 19 heavy (non-hydrogen) atoms. The van der Waals surface area contributed by atoms with E-state index in [0.717, 1.165) is 65.3 Å². The second kappa shape index (κ2) is 6.86. The molecule has 2 amide bonds. The zero-order valence-corrected chi connectivity index (χ0v) is 11.8. The predicted octanol–water partition coefficient (Wildman–Crippen LogP) is -1.08. The molecule has 2 heterocycles. The minimum absolute atomic E-state index is 0.232. The molecule has 2 fully saturated rings. The molecule has 2 aliphatic heterocycles. The standard InChI is InChI=1S/C13H24N4O2/c1-2-14-7-9-17(10-8-14)13(19)11-15-3-5-16(12-18)6-4-15/h12H,2-11H2,1H3. The van der Waals surface area contributed by atoms with Crippen molar-refractivity contribution in [3.05, 3.63) is 0 Å². The summed E-state index contributed by atoms with van der Waals surface area (Å²) >= 11 is 0. The van der Waals surface area contributed by atoms with Crippen LogP contribution in [0.1, 0.15) is 6.92 Å². The first-order valence-electron chi connectivity index (χ1n) is 7.14. The Kier molecular flexibility index (Phi) is 5.15. The van der Waals surface area contributed by atoms with Crippen LogP contribution < -0.4 is 0 Å². The minimum atomic E-state index is 0.232. The normalized spacial score (nSPS) is 22.6. The number of nitrogens with zero attached hydrogens (tertiary/aromatic N) is 4. The first kappa shape index (κ1) is 14.3. The van der Waals surface area contributed by atoms with Crippen molar-refractivity contribution in [1.29, 1.82) is 0 Å². The maximum absolute atomic E-state index is 12.2. The summed E-state index contributed by atoms with van der Waals surface area (Å²) in [7, 11) is 0. The Morgan fingerprint density at radius 2 is 1.53 bits per heavy atom. The Labute approximate surface area is 114 Å². The van der Waals surface area contributed by atoms with Gasteiger partial charge < -0.3 is 14.7 Å². The summed E-state index contributed by atoms with van der Waals surface area (Å²) in [6, 6.07) is 0. The van der Waals surface area contributed by atoms with Crippen molar-refractivity contribution in [3.8, 4) is 0 Å². The van der Waals surface area contributed by atoms with Crippen molar-refractivity contribution >= 4 is 12.3 Å². The molecule has 2 rings (SSSR count). The highest BCUT2D eigenvalue weighted by Crippen LogP contribution is 2.04. The molecule has 0 saturated carbocycles. The Hall–Kier alpha value is -1.14. The first-order valence-corrected chi connectivity index (χ1v) is 7.14. The van der Waals surface area contributed by atoms with Crippen molar-refractivity contribution in [2.45, 2.75) is 6.92 Å². The van der Waals surface area contributed by atoms with Gasteiger partial charge in [-0.15, -0.1) is 0 Å². The van der Waals surface area contributed by atoms with E-state index in [0.29, 0.717) is 6.54 Å². The van der Waals surface area contributed by atoms with Crippen LogP contribution in [-0.4, -0.2) is 97.4 Å². The zero-order chi connectivity index (χ0) is 13.7. The molecule has 6 heteroatoms. The van der Waals surface area contributed by atoms with Crippen LogP contribution in [0.3, 0.4) is 0 Å². The van der Waals surface area contributed by atoms with E-state index in [-0.39, 0.29) is 5.91 Å². The van der Waals surface area contributed by atoms with Crippen molar-refractivity contribution in [2.24, 2.45) is 0 Å². The van der Waals surface area contributed by atoms with Crippen molar-refractivity contribution in [3.63, 3.8) is 0 Å². The molecule has 0 aromatic carbocycles. The summed E-state index contributed by atoms with van der Waals surface area (Å²) in [4.78, 5) is 31.1. The Morgan fingerprint density at radius 3 is 2.05 bits per heavy atom. The number of rotatable bonds is 4. The SMILES string of the molecule is CCN1CCN(C(=O)CN2CCN(C=O)CC2)CC1. The number of piperazine rings is 2. The van der Waals surface area contributed by atoms with Gasteiger partial charge in [-0.2, -0.15) is 0 Å². The Bertz CT molecular complexity index is 308. The van der Waals surface area contributed by atoms with Crippen LogP contribution in [0.15, 0.2) is 0 Å². The fourth-order valence-corrected chi connectivity index (χ4v) is 2.63. The number of carbonyl (C=O) groups is 2. The molecule has 0 aromatic rings. The number of amides is 2. The number of hydrogen-bond donors (Lipinski definition) is 0. The van der Waals surface area contributed by atoms with Crippen LogP contribution in [0.5, 0.6) is 0 Å². The summed E-state index contributed by atoms with van der Waals surface area (Å²) in [6.07, 6.45) is 0.892. The molecule has 0 N–H and O–H groups in total. The molecular formula is C13H24N4O2. The fraction of sp³-hybridized carbons (Fsp3) is 0.846. The van der Waals surface area contributed by atoms with Gasteiger partial charge >= 0.3 is 0 Å². The minimum Gasteiger partial charge on any atom is -0.343 e. The van der Waals surface area contributed by atoms with Gasteiger partial charge in [0.25, 0.3) is 0 Å². The van der Waals surface area contributed by atoms with Gasteiger partial charge in [0.1, 0.15) is 0 Å². The van der Waals surface area contributed by atoms with Crippen molar-refractivity contribution in [1.82, 2.24) is 19.6 Å².